The van der Waals surface area contributed by atoms with Gasteiger partial charge in [-0.1, -0.05) is 45.8 Å². The summed E-state index contributed by atoms with van der Waals surface area (Å²) < 4.78 is 1.10. The third kappa shape index (κ3) is 4.09. The normalized spacial score (nSPS) is 12.4. The van der Waals surface area contributed by atoms with Crippen molar-refractivity contribution in [1.82, 2.24) is 5.43 Å². The first-order valence-electron chi connectivity index (χ1n) is 6.52. The Bertz CT molecular complexity index is 586. The van der Waals surface area contributed by atoms with Crippen molar-refractivity contribution in [3.63, 3.8) is 0 Å². The van der Waals surface area contributed by atoms with Crippen LogP contribution in [0.1, 0.15) is 22.7 Å². The van der Waals surface area contributed by atoms with Gasteiger partial charge in [0.2, 0.25) is 0 Å². The van der Waals surface area contributed by atoms with E-state index in [4.69, 9.17) is 5.84 Å². The molecule has 0 aliphatic heterocycles. The molecule has 0 aromatic heterocycles. The van der Waals surface area contributed by atoms with Gasteiger partial charge in [-0.15, -0.1) is 11.8 Å². The minimum atomic E-state index is 0.152. The van der Waals surface area contributed by atoms with Crippen LogP contribution in [0, 0.1) is 13.8 Å². The monoisotopic (exact) mass is 350 g/mol. The van der Waals surface area contributed by atoms with E-state index >= 15 is 0 Å². The standard InChI is InChI=1S/C16H19BrN2S/c1-11-6-7-15(12(2)8-11)16(19-18)10-20-14-5-3-4-13(17)9-14/h3-9,16,19H,10,18H2,1-2H3. The fourth-order valence-electron chi connectivity index (χ4n) is 2.18. The lowest BCUT2D eigenvalue weighted by molar-refractivity contribution is 0.607. The van der Waals surface area contributed by atoms with Gasteiger partial charge in [-0.25, -0.2) is 0 Å². The molecule has 2 aromatic rings. The second kappa shape index (κ2) is 7.27. The van der Waals surface area contributed by atoms with E-state index in [2.05, 4.69) is 71.6 Å². The van der Waals surface area contributed by atoms with E-state index in [1.54, 1.807) is 11.8 Å². The van der Waals surface area contributed by atoms with Crippen molar-refractivity contribution in [3.05, 3.63) is 63.6 Å². The Morgan fingerprint density at radius 2 is 2.00 bits per heavy atom. The van der Waals surface area contributed by atoms with Gasteiger partial charge >= 0.3 is 0 Å². The zero-order chi connectivity index (χ0) is 14.5. The predicted octanol–water partition coefficient (Wildman–Crippen LogP) is 4.36. The number of rotatable bonds is 5. The molecular formula is C16H19BrN2S. The van der Waals surface area contributed by atoms with Crippen LogP contribution >= 0.6 is 27.7 Å². The van der Waals surface area contributed by atoms with E-state index in [1.807, 2.05) is 6.07 Å². The highest BCUT2D eigenvalue weighted by Crippen LogP contribution is 2.28. The average Bonchev–Trinajstić information content (AvgIpc) is 2.41. The first-order chi connectivity index (χ1) is 9.60. The molecule has 2 rings (SSSR count). The van der Waals surface area contributed by atoms with Crippen LogP contribution in [-0.2, 0) is 0 Å². The van der Waals surface area contributed by atoms with E-state index in [9.17, 15) is 0 Å². The van der Waals surface area contributed by atoms with Crippen LogP contribution in [-0.4, -0.2) is 5.75 Å². The van der Waals surface area contributed by atoms with Gasteiger partial charge in [0.15, 0.2) is 0 Å². The Labute approximate surface area is 133 Å². The number of nitrogens with two attached hydrogens (primary N) is 1. The van der Waals surface area contributed by atoms with E-state index in [1.165, 1.54) is 21.6 Å². The van der Waals surface area contributed by atoms with Crippen LogP contribution in [0.4, 0.5) is 0 Å². The van der Waals surface area contributed by atoms with E-state index in [-0.39, 0.29) is 6.04 Å². The quantitative estimate of drug-likeness (QED) is 0.477. The van der Waals surface area contributed by atoms with Crippen LogP contribution < -0.4 is 11.3 Å². The largest absolute Gasteiger partial charge is 0.271 e. The fraction of sp³-hybridized carbons (Fsp3) is 0.250. The van der Waals surface area contributed by atoms with E-state index < -0.39 is 0 Å². The van der Waals surface area contributed by atoms with Gasteiger partial charge in [-0.3, -0.25) is 11.3 Å². The first kappa shape index (κ1) is 15.6. The number of benzene rings is 2. The third-order valence-corrected chi connectivity index (χ3v) is 4.80. The smallest absolute Gasteiger partial charge is 0.0556 e. The third-order valence-electron chi connectivity index (χ3n) is 3.21. The number of hydrogen-bond donors (Lipinski definition) is 2. The second-order valence-electron chi connectivity index (χ2n) is 4.85. The summed E-state index contributed by atoms with van der Waals surface area (Å²) >= 11 is 5.30. The predicted molar refractivity (Wildman–Crippen MR) is 90.8 cm³/mol. The van der Waals surface area contributed by atoms with Gasteiger partial charge in [0.05, 0.1) is 6.04 Å². The van der Waals surface area contributed by atoms with Crippen molar-refractivity contribution >= 4 is 27.7 Å². The molecule has 0 radical (unpaired) electrons. The van der Waals surface area contributed by atoms with Gasteiger partial charge in [0.1, 0.15) is 0 Å². The summed E-state index contributed by atoms with van der Waals surface area (Å²) in [6, 6.07) is 15.0. The van der Waals surface area contributed by atoms with Crippen LogP contribution in [0.2, 0.25) is 0 Å². The van der Waals surface area contributed by atoms with Crippen molar-refractivity contribution in [3.8, 4) is 0 Å². The molecule has 0 bridgehead atoms. The maximum atomic E-state index is 5.73. The molecule has 0 amide bonds. The van der Waals surface area contributed by atoms with Crippen molar-refractivity contribution < 1.29 is 0 Å². The maximum Gasteiger partial charge on any atom is 0.0556 e. The molecule has 1 unspecified atom stereocenters. The first-order valence-corrected chi connectivity index (χ1v) is 8.29. The molecule has 106 valence electrons. The van der Waals surface area contributed by atoms with Gasteiger partial charge < -0.3 is 0 Å². The van der Waals surface area contributed by atoms with Crippen LogP contribution in [0.25, 0.3) is 0 Å². The Balaban J connectivity index is 2.09. The second-order valence-corrected chi connectivity index (χ2v) is 6.86. The van der Waals surface area contributed by atoms with Crippen LogP contribution in [0.15, 0.2) is 51.8 Å². The summed E-state index contributed by atoms with van der Waals surface area (Å²) in [4.78, 5) is 1.24. The Kier molecular flexibility index (Phi) is 5.66. The molecule has 0 spiro atoms. The molecule has 0 aliphatic carbocycles. The highest BCUT2D eigenvalue weighted by atomic mass is 79.9. The summed E-state index contributed by atoms with van der Waals surface area (Å²) in [5, 5.41) is 0. The van der Waals surface area contributed by atoms with Gasteiger partial charge in [-0.2, -0.15) is 0 Å². The van der Waals surface area contributed by atoms with Crippen molar-refractivity contribution in [1.29, 1.82) is 0 Å². The Morgan fingerprint density at radius 3 is 2.65 bits per heavy atom. The SMILES string of the molecule is Cc1ccc(C(CSc2cccc(Br)c2)NN)c(C)c1. The highest BCUT2D eigenvalue weighted by molar-refractivity contribution is 9.10. The zero-order valence-electron chi connectivity index (χ0n) is 11.7. The molecule has 3 N–H and O–H groups in total. The minimum absolute atomic E-state index is 0.152. The average molecular weight is 351 g/mol. The Morgan fingerprint density at radius 1 is 1.20 bits per heavy atom. The summed E-state index contributed by atoms with van der Waals surface area (Å²) in [5.41, 5.74) is 6.76. The van der Waals surface area contributed by atoms with Crippen molar-refractivity contribution in [2.45, 2.75) is 24.8 Å². The lowest BCUT2D eigenvalue weighted by Gasteiger charge is -2.18. The molecule has 0 fully saturated rings. The Hall–Kier alpha value is -0.810. The van der Waals surface area contributed by atoms with E-state index in [0.29, 0.717) is 0 Å². The highest BCUT2D eigenvalue weighted by Gasteiger charge is 2.12. The lowest BCUT2D eigenvalue weighted by Crippen LogP contribution is -2.30. The van der Waals surface area contributed by atoms with Crippen molar-refractivity contribution in [2.24, 2.45) is 5.84 Å². The molecule has 0 saturated carbocycles. The molecule has 0 heterocycles. The summed E-state index contributed by atoms with van der Waals surface area (Å²) in [5.74, 6) is 6.63. The number of aryl methyl sites for hydroxylation is 2. The van der Waals surface area contributed by atoms with Gasteiger partial charge in [0, 0.05) is 15.1 Å². The number of thioether (sulfide) groups is 1. The summed E-state index contributed by atoms with van der Waals surface area (Å²) in [6.07, 6.45) is 0. The molecule has 0 saturated heterocycles. The summed E-state index contributed by atoms with van der Waals surface area (Å²) in [6.45, 7) is 4.24. The zero-order valence-corrected chi connectivity index (χ0v) is 14.1. The number of nitrogens with one attached hydrogen (secondary N) is 1. The molecule has 1 atom stereocenters. The topological polar surface area (TPSA) is 38.0 Å². The van der Waals surface area contributed by atoms with Gasteiger partial charge in [-0.05, 0) is 43.2 Å². The minimum Gasteiger partial charge on any atom is -0.271 e. The van der Waals surface area contributed by atoms with Crippen LogP contribution in [0.5, 0.6) is 0 Å². The lowest BCUT2D eigenvalue weighted by atomic mass is 10.0. The van der Waals surface area contributed by atoms with Crippen LogP contribution in [0.3, 0.4) is 0 Å². The van der Waals surface area contributed by atoms with Gasteiger partial charge in [0.25, 0.3) is 0 Å². The molecule has 4 heteroatoms. The van der Waals surface area contributed by atoms with Crippen molar-refractivity contribution in [2.75, 3.05) is 5.75 Å². The molecule has 2 aromatic carbocycles. The molecule has 0 aliphatic rings. The fourth-order valence-corrected chi connectivity index (χ4v) is 3.75. The molecule has 2 nitrogen and oxygen atoms in total. The number of halogens is 1. The summed E-state index contributed by atoms with van der Waals surface area (Å²) in [7, 11) is 0. The molecular weight excluding hydrogens is 332 g/mol. The maximum absolute atomic E-state index is 5.73. The van der Waals surface area contributed by atoms with E-state index in [0.717, 1.165) is 10.2 Å². The molecule has 20 heavy (non-hydrogen) atoms. The number of hydrogen-bond acceptors (Lipinski definition) is 3. The number of hydrazine groups is 1.